The smallest absolute Gasteiger partial charge is 0.255 e. The van der Waals surface area contributed by atoms with Crippen LogP contribution in [0.25, 0.3) is 16.9 Å². The Morgan fingerprint density at radius 3 is 2.77 bits per heavy atom. The van der Waals surface area contributed by atoms with E-state index in [-0.39, 0.29) is 27.6 Å². The summed E-state index contributed by atoms with van der Waals surface area (Å²) in [4.78, 5) is 7.70. The lowest BCUT2D eigenvalue weighted by molar-refractivity contribution is -0.137. The van der Waals surface area contributed by atoms with Crippen LogP contribution in [0.5, 0.6) is 0 Å². The standard InChI is InChI=1S/C13H5ClF3N5/c14-11-8(6-22-12(21-11)7(4-18)5-20-22)10-9(13(15,16)17)2-1-3-19-10/h1-3,5-6H. The zero-order chi connectivity index (χ0) is 15.9. The van der Waals surface area contributed by atoms with Gasteiger partial charge in [0.2, 0.25) is 0 Å². The van der Waals surface area contributed by atoms with Crippen LogP contribution >= 0.6 is 11.6 Å². The lowest BCUT2D eigenvalue weighted by atomic mass is 10.1. The van der Waals surface area contributed by atoms with Crippen molar-refractivity contribution in [1.29, 1.82) is 5.26 Å². The highest BCUT2D eigenvalue weighted by molar-refractivity contribution is 6.32. The molecule has 0 saturated carbocycles. The number of alkyl halides is 3. The first-order valence-corrected chi connectivity index (χ1v) is 6.26. The average Bonchev–Trinajstić information content (AvgIpc) is 2.87. The SMILES string of the molecule is N#Cc1cnn2cc(-c3ncccc3C(F)(F)F)c(Cl)nc12. The molecule has 0 unspecified atom stereocenters. The van der Waals surface area contributed by atoms with Crippen molar-refractivity contribution >= 4 is 17.2 Å². The summed E-state index contributed by atoms with van der Waals surface area (Å²) in [6, 6.07) is 3.97. The van der Waals surface area contributed by atoms with Crippen molar-refractivity contribution in [2.24, 2.45) is 0 Å². The molecule has 0 aliphatic carbocycles. The van der Waals surface area contributed by atoms with E-state index < -0.39 is 11.7 Å². The van der Waals surface area contributed by atoms with E-state index in [1.54, 1.807) is 0 Å². The van der Waals surface area contributed by atoms with Crippen LogP contribution in [0.4, 0.5) is 13.2 Å². The average molecular weight is 324 g/mol. The third-order valence-corrected chi connectivity index (χ3v) is 3.22. The number of halogens is 4. The predicted molar refractivity (Wildman–Crippen MR) is 70.9 cm³/mol. The Labute approximate surface area is 126 Å². The van der Waals surface area contributed by atoms with E-state index in [1.165, 1.54) is 29.2 Å². The van der Waals surface area contributed by atoms with Gasteiger partial charge in [-0.2, -0.15) is 23.5 Å². The molecule has 9 heteroatoms. The number of nitrogens with zero attached hydrogens (tertiary/aromatic N) is 5. The van der Waals surface area contributed by atoms with Crippen molar-refractivity contribution in [3.05, 3.63) is 47.0 Å². The van der Waals surface area contributed by atoms with Crippen molar-refractivity contribution in [1.82, 2.24) is 19.6 Å². The lowest BCUT2D eigenvalue weighted by Crippen LogP contribution is -2.09. The molecule has 0 fully saturated rings. The van der Waals surface area contributed by atoms with Gasteiger partial charge >= 0.3 is 6.18 Å². The van der Waals surface area contributed by atoms with Crippen molar-refractivity contribution in [3.63, 3.8) is 0 Å². The molecule has 3 aromatic rings. The summed E-state index contributed by atoms with van der Waals surface area (Å²) >= 11 is 5.98. The first kappa shape index (κ1) is 14.3. The van der Waals surface area contributed by atoms with Gasteiger partial charge in [-0.25, -0.2) is 9.50 Å². The second-order valence-electron chi connectivity index (χ2n) is 4.28. The van der Waals surface area contributed by atoms with Crippen molar-refractivity contribution in [3.8, 4) is 17.3 Å². The van der Waals surface area contributed by atoms with Crippen LogP contribution in [0.3, 0.4) is 0 Å². The van der Waals surface area contributed by atoms with Crippen LogP contribution in [0.2, 0.25) is 5.15 Å². The second-order valence-corrected chi connectivity index (χ2v) is 4.64. The molecule has 0 aromatic carbocycles. The first-order valence-electron chi connectivity index (χ1n) is 5.88. The molecular formula is C13H5ClF3N5. The van der Waals surface area contributed by atoms with E-state index >= 15 is 0 Å². The summed E-state index contributed by atoms with van der Waals surface area (Å²) in [6.07, 6.45) is -0.826. The van der Waals surface area contributed by atoms with Gasteiger partial charge in [-0.05, 0) is 12.1 Å². The zero-order valence-electron chi connectivity index (χ0n) is 10.6. The van der Waals surface area contributed by atoms with E-state index in [4.69, 9.17) is 16.9 Å². The van der Waals surface area contributed by atoms with Crippen molar-refractivity contribution in [2.45, 2.75) is 6.18 Å². The number of rotatable bonds is 1. The number of hydrogen-bond donors (Lipinski definition) is 0. The molecule has 0 aliphatic heterocycles. The van der Waals surface area contributed by atoms with Gasteiger partial charge in [0.05, 0.1) is 23.0 Å². The number of pyridine rings is 1. The monoisotopic (exact) mass is 323 g/mol. The normalized spacial score (nSPS) is 11.6. The number of nitriles is 1. The summed E-state index contributed by atoms with van der Waals surface area (Å²) in [5.74, 6) is 0. The number of fused-ring (bicyclic) bond motifs is 1. The molecule has 110 valence electrons. The van der Waals surface area contributed by atoms with Crippen LogP contribution < -0.4 is 0 Å². The Balaban J connectivity index is 2.28. The van der Waals surface area contributed by atoms with Crippen molar-refractivity contribution in [2.75, 3.05) is 0 Å². The van der Waals surface area contributed by atoms with Gasteiger partial charge in [0.25, 0.3) is 0 Å². The molecule has 0 atom stereocenters. The molecule has 0 radical (unpaired) electrons. The molecule has 0 spiro atoms. The molecule has 3 heterocycles. The largest absolute Gasteiger partial charge is 0.418 e. The molecule has 0 amide bonds. The molecular weight excluding hydrogens is 319 g/mol. The zero-order valence-corrected chi connectivity index (χ0v) is 11.4. The first-order chi connectivity index (χ1) is 10.4. The molecule has 0 saturated heterocycles. The fraction of sp³-hybridized carbons (Fsp3) is 0.0769. The maximum absolute atomic E-state index is 13.1. The van der Waals surface area contributed by atoms with E-state index in [9.17, 15) is 13.2 Å². The minimum atomic E-state index is -4.58. The quantitative estimate of drug-likeness (QED) is 0.644. The summed E-state index contributed by atoms with van der Waals surface area (Å²) in [6.45, 7) is 0. The predicted octanol–water partition coefficient (Wildman–Crippen LogP) is 3.34. The van der Waals surface area contributed by atoms with E-state index in [0.29, 0.717) is 0 Å². The van der Waals surface area contributed by atoms with Crippen LogP contribution in [0.1, 0.15) is 11.1 Å². The number of aromatic nitrogens is 4. The molecule has 3 rings (SSSR count). The Morgan fingerprint density at radius 2 is 2.09 bits per heavy atom. The summed E-state index contributed by atoms with van der Waals surface area (Å²) < 4.78 is 40.4. The van der Waals surface area contributed by atoms with Gasteiger partial charge < -0.3 is 0 Å². The minimum absolute atomic E-state index is 0.0188. The summed E-state index contributed by atoms with van der Waals surface area (Å²) in [5.41, 5.74) is -0.949. The minimum Gasteiger partial charge on any atom is -0.255 e. The molecule has 0 N–H and O–H groups in total. The highest BCUT2D eigenvalue weighted by Gasteiger charge is 2.35. The molecule has 5 nitrogen and oxygen atoms in total. The third-order valence-electron chi connectivity index (χ3n) is 2.94. The van der Waals surface area contributed by atoms with Gasteiger partial charge in [0.15, 0.2) is 5.65 Å². The molecule has 0 aliphatic rings. The van der Waals surface area contributed by atoms with Gasteiger partial charge in [-0.3, -0.25) is 4.98 Å². The summed E-state index contributed by atoms with van der Waals surface area (Å²) in [5, 5.41) is 12.6. The van der Waals surface area contributed by atoms with Gasteiger partial charge in [0, 0.05) is 12.4 Å². The second kappa shape index (κ2) is 4.96. The Hall–Kier alpha value is -2.66. The van der Waals surface area contributed by atoms with Crippen LogP contribution in [0, 0.1) is 11.3 Å². The van der Waals surface area contributed by atoms with E-state index in [2.05, 4.69) is 15.1 Å². The molecule has 3 aromatic heterocycles. The Bertz CT molecular complexity index is 910. The van der Waals surface area contributed by atoms with E-state index in [1.807, 2.05) is 6.07 Å². The number of hydrogen-bond acceptors (Lipinski definition) is 4. The van der Waals surface area contributed by atoms with Gasteiger partial charge in [0.1, 0.15) is 16.8 Å². The third kappa shape index (κ3) is 2.25. The van der Waals surface area contributed by atoms with E-state index in [0.717, 1.165) is 6.07 Å². The molecule has 22 heavy (non-hydrogen) atoms. The fourth-order valence-electron chi connectivity index (χ4n) is 1.98. The maximum Gasteiger partial charge on any atom is 0.418 e. The molecule has 0 bridgehead atoms. The van der Waals surface area contributed by atoms with Crippen molar-refractivity contribution < 1.29 is 13.2 Å². The van der Waals surface area contributed by atoms with Crippen LogP contribution in [-0.4, -0.2) is 19.6 Å². The lowest BCUT2D eigenvalue weighted by Gasteiger charge is -2.12. The van der Waals surface area contributed by atoms with Gasteiger partial charge in [-0.1, -0.05) is 11.6 Å². The van der Waals surface area contributed by atoms with Gasteiger partial charge in [-0.15, -0.1) is 0 Å². The van der Waals surface area contributed by atoms with Crippen LogP contribution in [-0.2, 0) is 6.18 Å². The van der Waals surface area contributed by atoms with Crippen LogP contribution in [0.15, 0.2) is 30.7 Å². The fourth-order valence-corrected chi connectivity index (χ4v) is 2.20. The summed E-state index contributed by atoms with van der Waals surface area (Å²) in [7, 11) is 0. The Morgan fingerprint density at radius 1 is 1.32 bits per heavy atom. The Kier molecular flexibility index (Phi) is 3.22. The topological polar surface area (TPSA) is 66.9 Å². The highest BCUT2D eigenvalue weighted by atomic mass is 35.5. The highest BCUT2D eigenvalue weighted by Crippen LogP contribution is 2.37. The maximum atomic E-state index is 13.1.